The number of aromatic nitrogens is 1. The average molecular weight is 319 g/mol. The number of rotatable bonds is 1. The molecule has 0 fully saturated rings. The smallest absolute Gasteiger partial charge is 0.337 e. The van der Waals surface area contributed by atoms with Gasteiger partial charge >= 0.3 is 5.97 Å². The third-order valence-corrected chi connectivity index (χ3v) is 3.02. The van der Waals surface area contributed by atoms with Crippen LogP contribution in [-0.4, -0.2) is 16.1 Å². The van der Waals surface area contributed by atoms with Crippen LogP contribution < -0.4 is 0 Å². The van der Waals surface area contributed by atoms with E-state index in [-0.39, 0.29) is 5.56 Å². The molecule has 0 aliphatic heterocycles. The minimum atomic E-state index is -0.929. The lowest BCUT2D eigenvalue weighted by Crippen LogP contribution is -1.93. The first-order valence-electron chi connectivity index (χ1n) is 3.79. The predicted molar refractivity (Wildman–Crippen MR) is 60.7 cm³/mol. The molecule has 0 bridgehead atoms. The van der Waals surface area contributed by atoms with Gasteiger partial charge in [-0.2, -0.15) is 0 Å². The topological polar surface area (TPSA) is 53.1 Å². The third-order valence-electron chi connectivity index (χ3n) is 1.94. The molecule has 2 N–H and O–H groups in total. The van der Waals surface area contributed by atoms with Crippen LogP contribution in [0.2, 0.25) is 0 Å². The second kappa shape index (κ2) is 3.40. The van der Waals surface area contributed by atoms with Crippen molar-refractivity contribution < 1.29 is 9.90 Å². The van der Waals surface area contributed by atoms with Crippen molar-refractivity contribution in [3.05, 3.63) is 32.8 Å². The molecule has 0 radical (unpaired) electrons. The van der Waals surface area contributed by atoms with Gasteiger partial charge in [-0.05, 0) is 28.1 Å². The van der Waals surface area contributed by atoms with Gasteiger partial charge in [0.2, 0.25) is 0 Å². The zero-order valence-corrected chi connectivity index (χ0v) is 10.0. The summed E-state index contributed by atoms with van der Waals surface area (Å²) in [6.45, 7) is 0. The number of nitrogens with one attached hydrogen (secondary N) is 1. The quantitative estimate of drug-likeness (QED) is 0.846. The van der Waals surface area contributed by atoms with Crippen LogP contribution in [0, 0.1) is 0 Å². The normalized spacial score (nSPS) is 10.7. The van der Waals surface area contributed by atoms with Crippen molar-refractivity contribution in [3.8, 4) is 0 Å². The number of hydrogen-bond acceptors (Lipinski definition) is 1. The van der Waals surface area contributed by atoms with Crippen LogP contribution in [0.25, 0.3) is 10.9 Å². The summed E-state index contributed by atoms with van der Waals surface area (Å²) in [4.78, 5) is 13.8. The Morgan fingerprint density at radius 2 is 2.07 bits per heavy atom. The SMILES string of the molecule is O=C(O)c1c[nH]c2c(Br)cc(Br)cc12. The highest BCUT2D eigenvalue weighted by molar-refractivity contribution is 9.11. The molecular formula is C9H5Br2NO2. The summed E-state index contributed by atoms with van der Waals surface area (Å²) in [6, 6.07) is 3.64. The zero-order valence-electron chi connectivity index (χ0n) is 6.84. The van der Waals surface area contributed by atoms with E-state index in [2.05, 4.69) is 36.8 Å². The zero-order chi connectivity index (χ0) is 10.3. The second-order valence-electron chi connectivity index (χ2n) is 2.82. The van der Waals surface area contributed by atoms with Crippen molar-refractivity contribution in [3.63, 3.8) is 0 Å². The number of halogens is 2. The van der Waals surface area contributed by atoms with Crippen LogP contribution in [0.4, 0.5) is 0 Å². The lowest BCUT2D eigenvalue weighted by atomic mass is 10.2. The van der Waals surface area contributed by atoms with Gasteiger partial charge in [0.25, 0.3) is 0 Å². The number of benzene rings is 1. The van der Waals surface area contributed by atoms with E-state index in [0.29, 0.717) is 5.39 Å². The Morgan fingerprint density at radius 3 is 2.71 bits per heavy atom. The molecule has 3 nitrogen and oxygen atoms in total. The number of H-pyrrole nitrogens is 1. The Kier molecular flexibility index (Phi) is 2.36. The van der Waals surface area contributed by atoms with E-state index in [1.54, 1.807) is 6.07 Å². The maximum absolute atomic E-state index is 10.8. The first-order valence-corrected chi connectivity index (χ1v) is 5.37. The van der Waals surface area contributed by atoms with Crippen LogP contribution in [0.3, 0.4) is 0 Å². The molecule has 0 unspecified atom stereocenters. The monoisotopic (exact) mass is 317 g/mol. The van der Waals surface area contributed by atoms with Gasteiger partial charge in [-0.15, -0.1) is 0 Å². The third kappa shape index (κ3) is 1.46. The molecule has 1 aromatic heterocycles. The molecule has 0 aliphatic rings. The lowest BCUT2D eigenvalue weighted by molar-refractivity contribution is 0.0699. The van der Waals surface area contributed by atoms with Gasteiger partial charge in [0.15, 0.2) is 0 Å². The van der Waals surface area contributed by atoms with Gasteiger partial charge in [0, 0.05) is 20.5 Å². The minimum absolute atomic E-state index is 0.280. The lowest BCUT2D eigenvalue weighted by Gasteiger charge is -1.97. The number of aromatic amines is 1. The molecule has 5 heteroatoms. The molecule has 14 heavy (non-hydrogen) atoms. The molecule has 0 aliphatic carbocycles. The summed E-state index contributed by atoms with van der Waals surface area (Å²) in [6.07, 6.45) is 1.49. The van der Waals surface area contributed by atoms with E-state index < -0.39 is 5.97 Å². The fourth-order valence-electron chi connectivity index (χ4n) is 1.33. The van der Waals surface area contributed by atoms with Crippen molar-refractivity contribution in [2.24, 2.45) is 0 Å². The Bertz CT molecular complexity index is 519. The largest absolute Gasteiger partial charge is 0.478 e. The first kappa shape index (κ1) is 9.73. The summed E-state index contributed by atoms with van der Waals surface area (Å²) >= 11 is 6.67. The predicted octanol–water partition coefficient (Wildman–Crippen LogP) is 3.39. The molecule has 1 aromatic carbocycles. The Labute approximate surface area is 96.4 Å². The Morgan fingerprint density at radius 1 is 1.36 bits per heavy atom. The van der Waals surface area contributed by atoms with Gasteiger partial charge in [-0.1, -0.05) is 15.9 Å². The Balaban J connectivity index is 2.85. The van der Waals surface area contributed by atoms with Gasteiger partial charge in [-0.25, -0.2) is 4.79 Å². The summed E-state index contributed by atoms with van der Waals surface area (Å²) < 4.78 is 1.69. The fraction of sp³-hybridized carbons (Fsp3) is 0. The van der Waals surface area contributed by atoms with Crippen molar-refractivity contribution in [2.45, 2.75) is 0 Å². The summed E-state index contributed by atoms with van der Waals surface area (Å²) in [5.41, 5.74) is 1.08. The number of fused-ring (bicyclic) bond motifs is 1. The van der Waals surface area contributed by atoms with Crippen molar-refractivity contribution in [1.29, 1.82) is 0 Å². The molecule has 0 atom stereocenters. The fourth-order valence-corrected chi connectivity index (χ4v) is 2.67. The number of carboxylic acid groups (broad SMARTS) is 1. The van der Waals surface area contributed by atoms with Crippen LogP contribution in [-0.2, 0) is 0 Å². The maximum atomic E-state index is 10.8. The molecule has 1 heterocycles. The second-order valence-corrected chi connectivity index (χ2v) is 4.59. The van der Waals surface area contributed by atoms with Crippen LogP contribution in [0.5, 0.6) is 0 Å². The first-order chi connectivity index (χ1) is 6.59. The number of carbonyl (C=O) groups is 1. The van der Waals surface area contributed by atoms with E-state index in [1.807, 2.05) is 6.07 Å². The molecule has 0 spiro atoms. The molecule has 0 amide bonds. The van der Waals surface area contributed by atoms with Crippen molar-refractivity contribution in [2.75, 3.05) is 0 Å². The van der Waals surface area contributed by atoms with Gasteiger partial charge in [0.1, 0.15) is 0 Å². The van der Waals surface area contributed by atoms with Crippen molar-refractivity contribution >= 4 is 48.7 Å². The van der Waals surface area contributed by atoms with Crippen LogP contribution in [0.1, 0.15) is 10.4 Å². The van der Waals surface area contributed by atoms with Crippen molar-refractivity contribution in [1.82, 2.24) is 4.98 Å². The highest BCUT2D eigenvalue weighted by Crippen LogP contribution is 2.29. The Hall–Kier alpha value is -0.810. The maximum Gasteiger partial charge on any atom is 0.337 e. The molecule has 2 rings (SSSR count). The summed E-state index contributed by atoms with van der Waals surface area (Å²) in [5.74, 6) is -0.929. The average Bonchev–Trinajstić information content (AvgIpc) is 2.47. The molecule has 0 saturated heterocycles. The van der Waals surface area contributed by atoms with E-state index >= 15 is 0 Å². The number of hydrogen-bond donors (Lipinski definition) is 2. The minimum Gasteiger partial charge on any atom is -0.478 e. The standard InChI is InChI=1S/C9H5Br2NO2/c10-4-1-5-6(9(13)14)3-12-8(5)7(11)2-4/h1-3,12H,(H,13,14). The molecular weight excluding hydrogens is 314 g/mol. The van der Waals surface area contributed by atoms with E-state index in [4.69, 9.17) is 5.11 Å². The molecule has 2 aromatic rings. The van der Waals surface area contributed by atoms with Gasteiger partial charge < -0.3 is 10.1 Å². The molecule has 72 valence electrons. The van der Waals surface area contributed by atoms with Crippen LogP contribution in [0.15, 0.2) is 27.3 Å². The summed E-state index contributed by atoms with van der Waals surface area (Å²) in [7, 11) is 0. The highest BCUT2D eigenvalue weighted by atomic mass is 79.9. The van der Waals surface area contributed by atoms with Gasteiger partial charge in [0.05, 0.1) is 11.1 Å². The van der Waals surface area contributed by atoms with E-state index in [9.17, 15) is 4.79 Å². The highest BCUT2D eigenvalue weighted by Gasteiger charge is 2.12. The summed E-state index contributed by atoms with van der Waals surface area (Å²) in [5, 5.41) is 9.60. The number of carboxylic acids is 1. The molecule has 0 saturated carbocycles. The van der Waals surface area contributed by atoms with Crippen LogP contribution >= 0.6 is 31.9 Å². The number of aromatic carboxylic acids is 1. The van der Waals surface area contributed by atoms with Gasteiger partial charge in [-0.3, -0.25) is 0 Å². The van der Waals surface area contributed by atoms with E-state index in [0.717, 1.165) is 14.5 Å². The van der Waals surface area contributed by atoms with E-state index in [1.165, 1.54) is 6.20 Å².